The van der Waals surface area contributed by atoms with Crippen molar-refractivity contribution in [3.63, 3.8) is 0 Å². The van der Waals surface area contributed by atoms with Crippen LogP contribution in [0.5, 0.6) is 11.5 Å². The van der Waals surface area contributed by atoms with E-state index in [0.717, 1.165) is 0 Å². The lowest BCUT2D eigenvalue weighted by atomic mass is 10.3. The molecule has 23 heavy (non-hydrogen) atoms. The van der Waals surface area contributed by atoms with Crippen LogP contribution in [0, 0.1) is 0 Å². The van der Waals surface area contributed by atoms with Crippen molar-refractivity contribution in [1.82, 2.24) is 0 Å². The molecule has 0 unspecified atom stereocenters. The summed E-state index contributed by atoms with van der Waals surface area (Å²) in [4.78, 5) is 20.8. The molecule has 0 fully saturated rings. The lowest BCUT2D eigenvalue weighted by molar-refractivity contribution is 0.102. The Labute approximate surface area is 133 Å². The van der Waals surface area contributed by atoms with E-state index in [0.29, 0.717) is 11.5 Å². The number of hydrogen-bond acceptors (Lipinski definition) is 5. The fraction of sp³-hybridized carbons (Fsp3) is 0.0588. The Kier molecular flexibility index (Phi) is 8.07. The molecule has 0 radical (unpaired) electrons. The van der Waals surface area contributed by atoms with Gasteiger partial charge in [0.15, 0.2) is 0 Å². The highest BCUT2D eigenvalue weighted by atomic mass is 16.7. The van der Waals surface area contributed by atoms with Gasteiger partial charge in [-0.25, -0.2) is 9.59 Å². The van der Waals surface area contributed by atoms with Crippen LogP contribution >= 0.6 is 0 Å². The van der Waals surface area contributed by atoms with Crippen LogP contribution in [0.1, 0.15) is 0 Å². The summed E-state index contributed by atoms with van der Waals surface area (Å²) >= 11 is 0. The molecule has 120 valence electrons. The predicted octanol–water partition coefficient (Wildman–Crippen LogP) is 4.13. The molecule has 1 N–H and O–H groups in total. The van der Waals surface area contributed by atoms with Crippen molar-refractivity contribution < 1.29 is 28.9 Å². The maximum atomic E-state index is 11.3. The summed E-state index contributed by atoms with van der Waals surface area (Å²) in [5, 5.41) is 7.77. The van der Waals surface area contributed by atoms with E-state index in [4.69, 9.17) is 14.6 Å². The zero-order valence-electron chi connectivity index (χ0n) is 12.3. The van der Waals surface area contributed by atoms with Crippen LogP contribution in [0.25, 0.3) is 0 Å². The van der Waals surface area contributed by atoms with Crippen molar-refractivity contribution >= 4 is 12.3 Å². The minimum absolute atomic E-state index is 0.0648. The molecule has 0 aliphatic carbocycles. The molecule has 0 bridgehead atoms. The van der Waals surface area contributed by atoms with Crippen molar-refractivity contribution in [3.05, 3.63) is 73.3 Å². The molecule has 0 saturated carbocycles. The maximum absolute atomic E-state index is 11.3. The second-order valence-electron chi connectivity index (χ2n) is 3.95. The Morgan fingerprint density at radius 3 is 1.65 bits per heavy atom. The Morgan fingerprint density at radius 1 is 0.913 bits per heavy atom. The van der Waals surface area contributed by atoms with E-state index in [1.165, 1.54) is 6.08 Å². The van der Waals surface area contributed by atoms with Gasteiger partial charge in [-0.1, -0.05) is 49.1 Å². The number of carbonyl (C=O) groups is 2. The first-order valence-electron chi connectivity index (χ1n) is 6.58. The summed E-state index contributed by atoms with van der Waals surface area (Å²) < 4.78 is 13.9. The third-order valence-electron chi connectivity index (χ3n) is 2.21. The fourth-order valence-corrected chi connectivity index (χ4v) is 1.32. The molecular formula is C17H16O6. The highest BCUT2D eigenvalue weighted by Crippen LogP contribution is 2.12. The van der Waals surface area contributed by atoms with Gasteiger partial charge in [-0.3, -0.25) is 0 Å². The number of ether oxygens (including phenoxy) is 3. The molecule has 0 spiro atoms. The topological polar surface area (TPSA) is 82.1 Å². The van der Waals surface area contributed by atoms with E-state index in [1.54, 1.807) is 48.5 Å². The lowest BCUT2D eigenvalue weighted by Crippen LogP contribution is -2.13. The average molecular weight is 316 g/mol. The van der Waals surface area contributed by atoms with E-state index in [-0.39, 0.29) is 6.61 Å². The summed E-state index contributed by atoms with van der Waals surface area (Å²) in [6.45, 7) is 3.31. The Balaban J connectivity index is 0.000000322. The van der Waals surface area contributed by atoms with Gasteiger partial charge >= 0.3 is 12.3 Å². The summed E-state index contributed by atoms with van der Waals surface area (Å²) in [5.41, 5.74) is 0. The van der Waals surface area contributed by atoms with Crippen molar-refractivity contribution in [3.8, 4) is 11.5 Å². The van der Waals surface area contributed by atoms with Gasteiger partial charge in [-0.05, 0) is 24.3 Å². The summed E-state index contributed by atoms with van der Waals surface area (Å²) in [7, 11) is 0. The van der Waals surface area contributed by atoms with Crippen molar-refractivity contribution in [2.24, 2.45) is 0 Å². The number of benzene rings is 2. The quantitative estimate of drug-likeness (QED) is 0.519. The molecule has 0 aliphatic rings. The minimum Gasteiger partial charge on any atom is -0.450 e. The normalized spacial score (nSPS) is 8.87. The van der Waals surface area contributed by atoms with Gasteiger partial charge in [-0.15, -0.1) is 0 Å². The van der Waals surface area contributed by atoms with E-state index >= 15 is 0 Å². The Bertz CT molecular complexity index is 566. The van der Waals surface area contributed by atoms with Gasteiger partial charge in [0, 0.05) is 0 Å². The van der Waals surface area contributed by atoms with E-state index in [2.05, 4.69) is 11.3 Å². The fourth-order valence-electron chi connectivity index (χ4n) is 1.32. The van der Waals surface area contributed by atoms with Gasteiger partial charge < -0.3 is 19.3 Å². The molecule has 0 aromatic heterocycles. The van der Waals surface area contributed by atoms with Crippen LogP contribution < -0.4 is 9.47 Å². The van der Waals surface area contributed by atoms with Gasteiger partial charge in [0.05, 0.1) is 0 Å². The average Bonchev–Trinajstić information content (AvgIpc) is 2.55. The Morgan fingerprint density at radius 2 is 1.35 bits per heavy atom. The predicted molar refractivity (Wildman–Crippen MR) is 83.7 cm³/mol. The van der Waals surface area contributed by atoms with Gasteiger partial charge in [0.25, 0.3) is 0 Å². The number of hydrogen-bond donors (Lipinski definition) is 1. The Hall–Kier alpha value is -3.28. The van der Waals surface area contributed by atoms with Crippen LogP contribution in [-0.2, 0) is 4.74 Å². The molecule has 0 saturated heterocycles. The van der Waals surface area contributed by atoms with E-state index in [1.807, 2.05) is 12.1 Å². The highest BCUT2D eigenvalue weighted by Gasteiger charge is 2.06. The molecule has 0 amide bonds. The number of carboxylic acid groups (broad SMARTS) is 1. The third kappa shape index (κ3) is 8.56. The maximum Gasteiger partial charge on any atom is 0.519 e. The third-order valence-corrected chi connectivity index (χ3v) is 2.21. The first-order valence-corrected chi connectivity index (χ1v) is 6.58. The number of para-hydroxylation sites is 2. The van der Waals surface area contributed by atoms with Crippen LogP contribution in [0.15, 0.2) is 73.3 Å². The molecule has 6 heteroatoms. The van der Waals surface area contributed by atoms with Crippen molar-refractivity contribution in [2.45, 2.75) is 0 Å². The van der Waals surface area contributed by atoms with Gasteiger partial charge in [-0.2, -0.15) is 0 Å². The second-order valence-corrected chi connectivity index (χ2v) is 3.95. The number of carbonyl (C=O) groups excluding carboxylic acids is 1. The zero-order chi connectivity index (χ0) is 16.9. The summed E-state index contributed by atoms with van der Waals surface area (Å²) in [6.07, 6.45) is -0.633. The molecule has 0 atom stereocenters. The lowest BCUT2D eigenvalue weighted by Gasteiger charge is -2.04. The van der Waals surface area contributed by atoms with Gasteiger partial charge in [0.2, 0.25) is 0 Å². The largest absolute Gasteiger partial charge is 0.519 e. The first kappa shape index (κ1) is 17.8. The summed E-state index contributed by atoms with van der Waals surface area (Å²) in [6, 6.07) is 17.6. The van der Waals surface area contributed by atoms with Crippen molar-refractivity contribution in [2.75, 3.05) is 6.61 Å². The molecular weight excluding hydrogens is 300 g/mol. The first-order chi connectivity index (χ1) is 11.1. The SMILES string of the molecule is C=CCOC(=O)O.O=C(Oc1ccccc1)Oc1ccccc1. The molecule has 0 heterocycles. The number of rotatable bonds is 4. The molecule has 2 rings (SSSR count). The summed E-state index contributed by atoms with van der Waals surface area (Å²) in [5.74, 6) is 0.923. The molecule has 0 aliphatic heterocycles. The van der Waals surface area contributed by atoms with E-state index in [9.17, 15) is 9.59 Å². The van der Waals surface area contributed by atoms with Crippen LogP contribution in [0.2, 0.25) is 0 Å². The standard InChI is InChI=1S/C13H10O3.C4H6O3/c14-13(15-11-7-3-1-4-8-11)16-12-9-5-2-6-10-12;1-2-3-7-4(5)6/h1-10H;2H,1,3H2,(H,5,6). The van der Waals surface area contributed by atoms with Gasteiger partial charge in [0.1, 0.15) is 18.1 Å². The van der Waals surface area contributed by atoms with E-state index < -0.39 is 12.3 Å². The van der Waals surface area contributed by atoms with Crippen molar-refractivity contribution in [1.29, 1.82) is 0 Å². The van der Waals surface area contributed by atoms with Crippen LogP contribution in [0.4, 0.5) is 9.59 Å². The van der Waals surface area contributed by atoms with Crippen LogP contribution in [-0.4, -0.2) is 24.0 Å². The van der Waals surface area contributed by atoms with Crippen LogP contribution in [0.3, 0.4) is 0 Å². The minimum atomic E-state index is -1.26. The second kappa shape index (κ2) is 10.4. The monoisotopic (exact) mass is 316 g/mol. The molecule has 2 aromatic rings. The molecule has 2 aromatic carbocycles. The molecule has 6 nitrogen and oxygen atoms in total. The smallest absolute Gasteiger partial charge is 0.450 e. The zero-order valence-corrected chi connectivity index (χ0v) is 12.3. The highest BCUT2D eigenvalue weighted by molar-refractivity contribution is 5.66.